The van der Waals surface area contributed by atoms with E-state index in [1.54, 1.807) is 0 Å². The van der Waals surface area contributed by atoms with E-state index >= 15 is 0 Å². The van der Waals surface area contributed by atoms with E-state index in [-0.39, 0.29) is 11.4 Å². The van der Waals surface area contributed by atoms with Crippen molar-refractivity contribution in [1.82, 2.24) is 0 Å². The maximum absolute atomic E-state index is 11.4. The number of unbranched alkanes of at least 4 members (excludes halogenated alkanes) is 2. The van der Waals surface area contributed by atoms with Crippen molar-refractivity contribution in [2.75, 3.05) is 19.8 Å². The lowest BCUT2D eigenvalue weighted by atomic mass is 9.84. The Morgan fingerprint density at radius 2 is 2.07 bits per heavy atom. The van der Waals surface area contributed by atoms with E-state index < -0.39 is 0 Å². The summed E-state index contributed by atoms with van der Waals surface area (Å²) in [6.45, 7) is 6.27. The SMILES string of the molecule is CCCCCC(=O)OCC1(CC)COC1. The first-order chi connectivity index (χ1) is 7.22. The minimum Gasteiger partial charge on any atom is -0.465 e. The largest absolute Gasteiger partial charge is 0.465 e. The van der Waals surface area contributed by atoms with Crippen molar-refractivity contribution in [2.24, 2.45) is 5.41 Å². The molecule has 0 aromatic heterocycles. The second-order valence-electron chi connectivity index (χ2n) is 4.46. The van der Waals surface area contributed by atoms with Crippen LogP contribution in [0.3, 0.4) is 0 Å². The third kappa shape index (κ3) is 3.82. The van der Waals surface area contributed by atoms with Crippen LogP contribution in [0.4, 0.5) is 0 Å². The molecule has 0 saturated carbocycles. The van der Waals surface area contributed by atoms with Crippen molar-refractivity contribution in [1.29, 1.82) is 0 Å². The van der Waals surface area contributed by atoms with Crippen molar-refractivity contribution in [3.63, 3.8) is 0 Å². The van der Waals surface area contributed by atoms with Crippen molar-refractivity contribution in [3.8, 4) is 0 Å². The number of hydrogen-bond donors (Lipinski definition) is 0. The van der Waals surface area contributed by atoms with E-state index in [0.29, 0.717) is 13.0 Å². The minimum absolute atomic E-state index is 0.0526. The summed E-state index contributed by atoms with van der Waals surface area (Å²) in [7, 11) is 0. The van der Waals surface area contributed by atoms with E-state index in [1.807, 2.05) is 0 Å². The molecule has 1 rings (SSSR count). The molecule has 0 unspecified atom stereocenters. The Hall–Kier alpha value is -0.570. The number of esters is 1. The molecular formula is C12H22O3. The fraction of sp³-hybridized carbons (Fsp3) is 0.917. The number of rotatable bonds is 7. The van der Waals surface area contributed by atoms with Crippen LogP contribution >= 0.6 is 0 Å². The summed E-state index contributed by atoms with van der Waals surface area (Å²) in [5.41, 5.74) is 0.125. The van der Waals surface area contributed by atoms with Gasteiger partial charge in [-0.25, -0.2) is 0 Å². The van der Waals surface area contributed by atoms with Crippen molar-refractivity contribution in [2.45, 2.75) is 46.0 Å². The molecule has 0 N–H and O–H groups in total. The van der Waals surface area contributed by atoms with Gasteiger partial charge in [-0.05, 0) is 12.8 Å². The van der Waals surface area contributed by atoms with Crippen LogP contribution < -0.4 is 0 Å². The van der Waals surface area contributed by atoms with Gasteiger partial charge in [0.25, 0.3) is 0 Å². The molecule has 0 aliphatic carbocycles. The third-order valence-corrected chi connectivity index (χ3v) is 3.09. The Morgan fingerprint density at radius 3 is 2.53 bits per heavy atom. The maximum Gasteiger partial charge on any atom is 0.305 e. The quantitative estimate of drug-likeness (QED) is 0.482. The second-order valence-corrected chi connectivity index (χ2v) is 4.46. The van der Waals surface area contributed by atoms with E-state index in [4.69, 9.17) is 9.47 Å². The molecule has 1 aliphatic rings. The topological polar surface area (TPSA) is 35.5 Å². The first-order valence-electron chi connectivity index (χ1n) is 5.96. The molecule has 0 radical (unpaired) electrons. The molecule has 0 amide bonds. The Labute approximate surface area is 92.1 Å². The van der Waals surface area contributed by atoms with Gasteiger partial charge in [-0.1, -0.05) is 26.7 Å². The molecule has 15 heavy (non-hydrogen) atoms. The van der Waals surface area contributed by atoms with Gasteiger partial charge in [-0.2, -0.15) is 0 Å². The van der Waals surface area contributed by atoms with Gasteiger partial charge in [0.1, 0.15) is 6.61 Å². The Balaban J connectivity index is 2.10. The lowest BCUT2D eigenvalue weighted by Gasteiger charge is -2.39. The molecule has 1 fully saturated rings. The van der Waals surface area contributed by atoms with Crippen LogP contribution in [0.1, 0.15) is 46.0 Å². The molecule has 0 aromatic rings. The summed E-state index contributed by atoms with van der Waals surface area (Å²) in [4.78, 5) is 11.4. The van der Waals surface area contributed by atoms with Crippen molar-refractivity contribution in [3.05, 3.63) is 0 Å². The Morgan fingerprint density at radius 1 is 1.33 bits per heavy atom. The zero-order valence-corrected chi connectivity index (χ0v) is 9.88. The van der Waals surface area contributed by atoms with E-state index in [0.717, 1.165) is 38.9 Å². The molecule has 0 atom stereocenters. The van der Waals surface area contributed by atoms with Crippen molar-refractivity contribution < 1.29 is 14.3 Å². The Bertz CT molecular complexity index is 192. The molecule has 1 aliphatic heterocycles. The molecular weight excluding hydrogens is 192 g/mol. The van der Waals surface area contributed by atoms with Gasteiger partial charge in [-0.3, -0.25) is 4.79 Å². The fourth-order valence-corrected chi connectivity index (χ4v) is 1.61. The zero-order valence-electron chi connectivity index (χ0n) is 9.88. The average Bonchev–Trinajstić information content (AvgIpc) is 2.17. The monoisotopic (exact) mass is 214 g/mol. The second kappa shape index (κ2) is 6.11. The maximum atomic E-state index is 11.4. The first kappa shape index (κ1) is 12.5. The first-order valence-corrected chi connectivity index (χ1v) is 5.96. The van der Waals surface area contributed by atoms with E-state index in [1.165, 1.54) is 0 Å². The van der Waals surface area contributed by atoms with Crippen LogP contribution in [-0.4, -0.2) is 25.8 Å². The van der Waals surface area contributed by atoms with Crippen LogP contribution in [0.5, 0.6) is 0 Å². The van der Waals surface area contributed by atoms with Gasteiger partial charge < -0.3 is 9.47 Å². The van der Waals surface area contributed by atoms with E-state index in [2.05, 4.69) is 13.8 Å². The van der Waals surface area contributed by atoms with Gasteiger partial charge in [-0.15, -0.1) is 0 Å². The lowest BCUT2D eigenvalue weighted by molar-refractivity contribution is -0.170. The zero-order chi connectivity index (χ0) is 11.1. The van der Waals surface area contributed by atoms with Gasteiger partial charge in [0.05, 0.1) is 18.6 Å². The van der Waals surface area contributed by atoms with Crippen LogP contribution in [0.2, 0.25) is 0 Å². The number of ether oxygens (including phenoxy) is 2. The fourth-order valence-electron chi connectivity index (χ4n) is 1.61. The highest BCUT2D eigenvalue weighted by Crippen LogP contribution is 2.31. The molecule has 1 saturated heterocycles. The van der Waals surface area contributed by atoms with Crippen LogP contribution in [0, 0.1) is 5.41 Å². The number of carbonyl (C=O) groups is 1. The highest BCUT2D eigenvalue weighted by atomic mass is 16.5. The van der Waals surface area contributed by atoms with E-state index in [9.17, 15) is 4.79 Å². The summed E-state index contributed by atoms with van der Waals surface area (Å²) < 4.78 is 10.4. The van der Waals surface area contributed by atoms with Gasteiger partial charge >= 0.3 is 5.97 Å². The minimum atomic E-state index is -0.0526. The summed E-state index contributed by atoms with van der Waals surface area (Å²) in [6.07, 6.45) is 4.78. The summed E-state index contributed by atoms with van der Waals surface area (Å²) >= 11 is 0. The van der Waals surface area contributed by atoms with Gasteiger partial charge in [0, 0.05) is 6.42 Å². The third-order valence-electron chi connectivity index (χ3n) is 3.09. The predicted molar refractivity (Wildman–Crippen MR) is 58.6 cm³/mol. The normalized spacial score (nSPS) is 18.3. The smallest absolute Gasteiger partial charge is 0.305 e. The summed E-state index contributed by atoms with van der Waals surface area (Å²) in [5, 5.41) is 0. The Kier molecular flexibility index (Phi) is 5.09. The summed E-state index contributed by atoms with van der Waals surface area (Å²) in [6, 6.07) is 0. The number of hydrogen-bond acceptors (Lipinski definition) is 3. The lowest BCUT2D eigenvalue weighted by Crippen LogP contribution is -2.46. The van der Waals surface area contributed by atoms with Gasteiger partial charge in [0.15, 0.2) is 0 Å². The van der Waals surface area contributed by atoms with Gasteiger partial charge in [0.2, 0.25) is 0 Å². The predicted octanol–water partition coefficient (Wildman–Crippen LogP) is 2.54. The molecule has 3 heteroatoms. The molecule has 0 spiro atoms. The standard InChI is InChI=1S/C12H22O3/c1-3-5-6-7-11(13)15-10-12(4-2)8-14-9-12/h3-10H2,1-2H3. The average molecular weight is 214 g/mol. The molecule has 0 aromatic carbocycles. The van der Waals surface area contributed by atoms with Crippen LogP contribution in [-0.2, 0) is 14.3 Å². The highest BCUT2D eigenvalue weighted by Gasteiger charge is 2.38. The highest BCUT2D eigenvalue weighted by molar-refractivity contribution is 5.69. The molecule has 1 heterocycles. The van der Waals surface area contributed by atoms with Crippen molar-refractivity contribution >= 4 is 5.97 Å². The van der Waals surface area contributed by atoms with Crippen LogP contribution in [0.15, 0.2) is 0 Å². The molecule has 3 nitrogen and oxygen atoms in total. The summed E-state index contributed by atoms with van der Waals surface area (Å²) in [5.74, 6) is -0.0526. The molecule has 88 valence electrons. The number of carbonyl (C=O) groups excluding carboxylic acids is 1. The van der Waals surface area contributed by atoms with Crippen LogP contribution in [0.25, 0.3) is 0 Å². The molecule has 0 bridgehead atoms.